The van der Waals surface area contributed by atoms with Gasteiger partial charge >= 0.3 is 5.97 Å². The summed E-state index contributed by atoms with van der Waals surface area (Å²) < 4.78 is 6.00. The number of nitrogens with zero attached hydrogens (tertiary/aromatic N) is 4. The van der Waals surface area contributed by atoms with E-state index in [0.29, 0.717) is 0 Å². The van der Waals surface area contributed by atoms with Crippen molar-refractivity contribution in [3.63, 3.8) is 0 Å². The van der Waals surface area contributed by atoms with Gasteiger partial charge in [-0.3, -0.25) is 0 Å². The predicted molar refractivity (Wildman–Crippen MR) is 137 cm³/mol. The maximum Gasteiger partial charge on any atom is 0.365 e. The van der Waals surface area contributed by atoms with Crippen LogP contribution in [0, 0.1) is 0 Å². The number of methoxy groups -OCH3 is 1. The van der Waals surface area contributed by atoms with Gasteiger partial charge in [-0.05, 0) is 60.3 Å². The lowest BCUT2D eigenvalue weighted by Gasteiger charge is -2.43. The zero-order chi connectivity index (χ0) is 22.8. The van der Waals surface area contributed by atoms with Gasteiger partial charge in [0, 0.05) is 10.0 Å². The number of halogens is 1. The third-order valence-corrected chi connectivity index (χ3v) is 6.96. The summed E-state index contributed by atoms with van der Waals surface area (Å²) in [5.74, 6) is -0.484. The summed E-state index contributed by atoms with van der Waals surface area (Å²) in [6.45, 7) is 0. The van der Waals surface area contributed by atoms with Gasteiger partial charge in [0.1, 0.15) is 0 Å². The molecule has 1 atom stereocenters. The molecule has 3 aromatic rings. The Morgan fingerprint density at radius 2 is 1.45 bits per heavy atom. The number of carbonyl (C=O) groups excluding carboxylic acids is 1. The first kappa shape index (κ1) is 21.5. The molecule has 0 N–H and O–H groups in total. The maximum atomic E-state index is 12.5. The Kier molecular flexibility index (Phi) is 5.78. The van der Waals surface area contributed by atoms with Crippen molar-refractivity contribution in [2.24, 2.45) is 10.2 Å². The molecule has 0 amide bonds. The fourth-order valence-electron chi connectivity index (χ4n) is 3.64. The number of hydrogen-bond donors (Lipinski definition) is 0. The SMILES string of the molecule is COC(=O)C1=NN(c2ccccc2)[C@]2(C=CC(c3ccc(Br)cc3)=NN2c2ccccc2)S1. The predicted octanol–water partition coefficient (Wildman–Crippen LogP) is 5.62. The molecule has 0 unspecified atom stereocenters. The summed E-state index contributed by atoms with van der Waals surface area (Å²) in [5.41, 5.74) is 3.48. The first-order chi connectivity index (χ1) is 16.1. The Morgan fingerprint density at radius 1 is 0.879 bits per heavy atom. The highest BCUT2D eigenvalue weighted by Crippen LogP contribution is 2.47. The van der Waals surface area contributed by atoms with E-state index in [0.717, 1.165) is 27.1 Å². The number of hydrogen-bond acceptors (Lipinski definition) is 7. The molecule has 0 saturated carbocycles. The van der Waals surface area contributed by atoms with Crippen LogP contribution in [-0.4, -0.2) is 28.8 Å². The Hall–Kier alpha value is -3.36. The van der Waals surface area contributed by atoms with Crippen molar-refractivity contribution in [3.05, 3.63) is 107 Å². The lowest BCUT2D eigenvalue weighted by atomic mass is 10.1. The van der Waals surface area contributed by atoms with Gasteiger partial charge in [0.25, 0.3) is 0 Å². The topological polar surface area (TPSA) is 57.5 Å². The number of para-hydroxylation sites is 2. The van der Waals surface area contributed by atoms with Crippen LogP contribution in [0.1, 0.15) is 5.56 Å². The highest BCUT2D eigenvalue weighted by Gasteiger charge is 2.51. The summed E-state index contributed by atoms with van der Waals surface area (Å²) in [6, 6.07) is 27.6. The molecule has 8 heteroatoms. The van der Waals surface area contributed by atoms with Gasteiger partial charge in [-0.25, -0.2) is 14.8 Å². The third kappa shape index (κ3) is 3.96. The van der Waals surface area contributed by atoms with Crippen molar-refractivity contribution in [1.29, 1.82) is 0 Å². The minimum absolute atomic E-state index is 0.259. The van der Waals surface area contributed by atoms with E-state index in [9.17, 15) is 4.79 Å². The van der Waals surface area contributed by atoms with Crippen LogP contribution in [0.2, 0.25) is 0 Å². The molecule has 1 spiro atoms. The van der Waals surface area contributed by atoms with Gasteiger partial charge in [-0.1, -0.05) is 64.5 Å². The number of allylic oxidation sites excluding steroid dienone is 1. The standard InChI is InChI=1S/C25H19BrN4O2S/c1-32-24(31)23-28-30(21-10-6-3-7-11-21)25(33-23)17-16-22(18-12-14-19(26)15-13-18)27-29(25)20-8-4-2-5-9-20/h2-17H,1H3/t25-/m1/s1. The largest absolute Gasteiger partial charge is 0.464 e. The van der Waals surface area contributed by atoms with E-state index in [1.54, 1.807) is 0 Å². The summed E-state index contributed by atoms with van der Waals surface area (Å²) in [5, 5.41) is 13.7. The molecule has 0 saturated heterocycles. The third-order valence-electron chi connectivity index (χ3n) is 5.21. The number of hydrazone groups is 2. The number of ether oxygens (including phenoxy) is 1. The van der Waals surface area contributed by atoms with E-state index < -0.39 is 11.0 Å². The molecular weight excluding hydrogens is 500 g/mol. The van der Waals surface area contributed by atoms with E-state index in [1.165, 1.54) is 18.9 Å². The minimum atomic E-state index is -0.926. The summed E-state index contributed by atoms with van der Waals surface area (Å²) in [6.07, 6.45) is 4.00. The number of thioether (sulfide) groups is 1. The molecule has 0 radical (unpaired) electrons. The van der Waals surface area contributed by atoms with Crippen LogP contribution in [0.3, 0.4) is 0 Å². The fraction of sp³-hybridized carbons (Fsp3) is 0.0800. The Morgan fingerprint density at radius 3 is 2.03 bits per heavy atom. The smallest absolute Gasteiger partial charge is 0.365 e. The van der Waals surface area contributed by atoms with Crippen LogP contribution in [0.15, 0.2) is 112 Å². The zero-order valence-corrected chi connectivity index (χ0v) is 20.0. The van der Waals surface area contributed by atoms with Gasteiger partial charge in [0.05, 0.1) is 24.2 Å². The lowest BCUT2D eigenvalue weighted by Crippen LogP contribution is -2.53. The van der Waals surface area contributed by atoms with Crippen LogP contribution < -0.4 is 10.0 Å². The number of esters is 1. The number of carbonyl (C=O) groups is 1. The van der Waals surface area contributed by atoms with Crippen molar-refractivity contribution in [2.45, 2.75) is 4.99 Å². The first-order valence-corrected chi connectivity index (χ1v) is 11.8. The van der Waals surface area contributed by atoms with Crippen molar-refractivity contribution < 1.29 is 9.53 Å². The van der Waals surface area contributed by atoms with Crippen molar-refractivity contribution in [1.82, 2.24) is 0 Å². The minimum Gasteiger partial charge on any atom is -0.464 e. The summed E-state index contributed by atoms with van der Waals surface area (Å²) >= 11 is 4.79. The van der Waals surface area contributed by atoms with Gasteiger partial charge in [-0.15, -0.1) is 0 Å². The van der Waals surface area contributed by atoms with E-state index in [-0.39, 0.29) is 5.04 Å². The van der Waals surface area contributed by atoms with E-state index in [1.807, 2.05) is 107 Å². The lowest BCUT2D eigenvalue weighted by molar-refractivity contribution is -0.132. The quantitative estimate of drug-likeness (QED) is 0.419. The summed E-state index contributed by atoms with van der Waals surface area (Å²) in [7, 11) is 1.36. The average Bonchev–Trinajstić information content (AvgIpc) is 3.25. The van der Waals surface area contributed by atoms with Gasteiger partial charge in [-0.2, -0.15) is 10.2 Å². The molecule has 2 aliphatic heterocycles. The van der Waals surface area contributed by atoms with Gasteiger partial charge < -0.3 is 4.74 Å². The normalized spacial score (nSPS) is 19.5. The monoisotopic (exact) mass is 518 g/mol. The molecule has 0 bridgehead atoms. The highest BCUT2D eigenvalue weighted by molar-refractivity contribution is 9.10. The molecule has 0 fully saturated rings. The fourth-order valence-corrected chi connectivity index (χ4v) is 5.08. The molecule has 2 aliphatic rings. The van der Waals surface area contributed by atoms with Crippen LogP contribution in [-0.2, 0) is 9.53 Å². The second kappa shape index (κ2) is 8.88. The molecule has 5 rings (SSSR count). The molecule has 0 aromatic heterocycles. The molecule has 6 nitrogen and oxygen atoms in total. The van der Waals surface area contributed by atoms with Crippen molar-refractivity contribution in [2.75, 3.05) is 17.1 Å². The van der Waals surface area contributed by atoms with Crippen molar-refractivity contribution in [3.8, 4) is 0 Å². The highest BCUT2D eigenvalue weighted by atomic mass is 79.9. The Balaban J connectivity index is 1.66. The molecule has 2 heterocycles. The Bertz CT molecular complexity index is 1260. The van der Waals surface area contributed by atoms with Crippen LogP contribution in [0.4, 0.5) is 11.4 Å². The first-order valence-electron chi connectivity index (χ1n) is 10.2. The van der Waals surface area contributed by atoms with Crippen LogP contribution in [0.25, 0.3) is 0 Å². The zero-order valence-electron chi connectivity index (χ0n) is 17.6. The number of benzene rings is 3. The molecule has 33 heavy (non-hydrogen) atoms. The molecular formula is C25H19BrN4O2S. The van der Waals surface area contributed by atoms with Gasteiger partial charge in [0.2, 0.25) is 10.0 Å². The second-order valence-corrected chi connectivity index (χ2v) is 9.38. The molecule has 3 aromatic carbocycles. The number of anilines is 2. The van der Waals surface area contributed by atoms with Crippen LogP contribution in [0.5, 0.6) is 0 Å². The molecule has 0 aliphatic carbocycles. The summed E-state index contributed by atoms with van der Waals surface area (Å²) in [4.78, 5) is 11.6. The van der Waals surface area contributed by atoms with E-state index >= 15 is 0 Å². The second-order valence-electron chi connectivity index (χ2n) is 7.28. The van der Waals surface area contributed by atoms with E-state index in [4.69, 9.17) is 9.84 Å². The average molecular weight is 519 g/mol. The Labute approximate surface area is 204 Å². The van der Waals surface area contributed by atoms with Crippen molar-refractivity contribution >= 4 is 55.8 Å². The molecule has 164 valence electrons. The van der Waals surface area contributed by atoms with E-state index in [2.05, 4.69) is 21.0 Å². The van der Waals surface area contributed by atoms with Gasteiger partial charge in [0.15, 0.2) is 0 Å². The number of rotatable bonds is 4. The van der Waals surface area contributed by atoms with Crippen LogP contribution >= 0.6 is 27.7 Å². The maximum absolute atomic E-state index is 12.5.